The number of alkyl carbamates (subject to hydrolysis) is 1. The summed E-state index contributed by atoms with van der Waals surface area (Å²) in [5.41, 5.74) is 4.66. The van der Waals surface area contributed by atoms with Gasteiger partial charge in [-0.05, 0) is 34.6 Å². The number of aliphatic carboxylic acids is 1. The molecular formula is C27H32N2O6. The lowest BCUT2D eigenvalue weighted by Gasteiger charge is -2.19. The van der Waals surface area contributed by atoms with Gasteiger partial charge in [-0.25, -0.2) is 9.59 Å². The third-order valence-electron chi connectivity index (χ3n) is 6.95. The third-order valence-corrected chi connectivity index (χ3v) is 6.95. The van der Waals surface area contributed by atoms with Crippen molar-refractivity contribution in [1.29, 1.82) is 0 Å². The number of nitrogens with one attached hydrogen (secondary N) is 2. The van der Waals surface area contributed by atoms with E-state index in [-0.39, 0.29) is 43.2 Å². The Morgan fingerprint density at radius 3 is 2.34 bits per heavy atom. The van der Waals surface area contributed by atoms with Crippen LogP contribution in [-0.2, 0) is 19.1 Å². The topological polar surface area (TPSA) is 114 Å². The zero-order valence-electron chi connectivity index (χ0n) is 19.9. The van der Waals surface area contributed by atoms with E-state index in [2.05, 4.69) is 34.9 Å². The summed E-state index contributed by atoms with van der Waals surface area (Å²) < 4.78 is 10.8. The predicted molar refractivity (Wildman–Crippen MR) is 130 cm³/mol. The Labute approximate surface area is 205 Å². The van der Waals surface area contributed by atoms with Crippen molar-refractivity contribution in [2.45, 2.75) is 38.2 Å². The Kier molecular flexibility index (Phi) is 8.02. The molecule has 1 fully saturated rings. The molecule has 1 aliphatic carbocycles. The summed E-state index contributed by atoms with van der Waals surface area (Å²) in [6.45, 7) is 3.18. The van der Waals surface area contributed by atoms with Crippen molar-refractivity contribution in [1.82, 2.24) is 10.6 Å². The van der Waals surface area contributed by atoms with Gasteiger partial charge in [0.1, 0.15) is 6.61 Å². The summed E-state index contributed by atoms with van der Waals surface area (Å²) in [5.74, 6) is -1.45. The number of carboxylic acids is 1. The molecule has 8 heteroatoms. The molecule has 0 spiro atoms. The fraction of sp³-hybridized carbons (Fsp3) is 0.444. The second kappa shape index (κ2) is 11.4. The summed E-state index contributed by atoms with van der Waals surface area (Å²) in [5, 5.41) is 14.8. The number of ether oxygens (including phenoxy) is 2. The van der Waals surface area contributed by atoms with Crippen molar-refractivity contribution < 1.29 is 29.0 Å². The highest BCUT2D eigenvalue weighted by Crippen LogP contribution is 2.44. The minimum absolute atomic E-state index is 0.00454. The van der Waals surface area contributed by atoms with E-state index in [1.165, 1.54) is 11.1 Å². The van der Waals surface area contributed by atoms with Crippen LogP contribution in [0.1, 0.15) is 43.2 Å². The summed E-state index contributed by atoms with van der Waals surface area (Å²) in [6.07, 6.45) is 0.190. The van der Waals surface area contributed by atoms with Crippen LogP contribution in [0, 0.1) is 11.8 Å². The van der Waals surface area contributed by atoms with Crippen molar-refractivity contribution in [2.24, 2.45) is 11.8 Å². The van der Waals surface area contributed by atoms with E-state index in [1.54, 1.807) is 0 Å². The molecule has 2 amide bonds. The normalized spacial score (nSPS) is 19.5. The van der Waals surface area contributed by atoms with Crippen LogP contribution in [0.15, 0.2) is 48.5 Å². The van der Waals surface area contributed by atoms with Crippen LogP contribution < -0.4 is 10.6 Å². The predicted octanol–water partition coefficient (Wildman–Crippen LogP) is 3.55. The van der Waals surface area contributed by atoms with Crippen molar-refractivity contribution >= 4 is 18.0 Å². The molecule has 2 aliphatic rings. The molecule has 8 nitrogen and oxygen atoms in total. The molecular weight excluding hydrogens is 448 g/mol. The summed E-state index contributed by atoms with van der Waals surface area (Å²) in [4.78, 5) is 36.0. The average Bonchev–Trinajstić information content (AvgIpc) is 3.47. The van der Waals surface area contributed by atoms with E-state index in [0.717, 1.165) is 11.1 Å². The van der Waals surface area contributed by atoms with Crippen LogP contribution in [0.25, 0.3) is 11.1 Å². The quantitative estimate of drug-likeness (QED) is 0.479. The van der Waals surface area contributed by atoms with Gasteiger partial charge >= 0.3 is 12.1 Å². The van der Waals surface area contributed by atoms with Crippen LogP contribution >= 0.6 is 0 Å². The first kappa shape index (κ1) is 24.7. The Morgan fingerprint density at radius 1 is 1.06 bits per heavy atom. The molecule has 1 aliphatic heterocycles. The molecule has 186 valence electrons. The number of amides is 2. The van der Waals surface area contributed by atoms with Crippen molar-refractivity contribution in [2.75, 3.05) is 26.3 Å². The lowest BCUT2D eigenvalue weighted by Crippen LogP contribution is -2.38. The summed E-state index contributed by atoms with van der Waals surface area (Å²) >= 11 is 0. The first-order chi connectivity index (χ1) is 17.0. The van der Waals surface area contributed by atoms with Gasteiger partial charge in [0.25, 0.3) is 0 Å². The molecule has 1 heterocycles. The molecule has 1 saturated heterocycles. The monoisotopic (exact) mass is 480 g/mol. The first-order valence-electron chi connectivity index (χ1n) is 12.2. The van der Waals surface area contributed by atoms with Crippen molar-refractivity contribution in [3.05, 3.63) is 59.7 Å². The molecule has 4 rings (SSSR count). The SMILES string of the molecule is CCC(CNC(=O)OCC1c2ccccc2-c2ccccc21)CC(=O)NC[C@@H]1CCO[C@@H]1C(=O)O. The zero-order chi connectivity index (χ0) is 24.8. The largest absolute Gasteiger partial charge is 0.479 e. The first-order valence-corrected chi connectivity index (χ1v) is 12.2. The van der Waals surface area contributed by atoms with Crippen LogP contribution in [0.3, 0.4) is 0 Å². The fourth-order valence-corrected chi connectivity index (χ4v) is 4.93. The number of rotatable bonds is 10. The van der Waals surface area contributed by atoms with Gasteiger partial charge in [-0.15, -0.1) is 0 Å². The van der Waals surface area contributed by atoms with Gasteiger partial charge in [0.2, 0.25) is 5.91 Å². The van der Waals surface area contributed by atoms with Gasteiger partial charge in [-0.2, -0.15) is 0 Å². The van der Waals surface area contributed by atoms with E-state index in [1.807, 2.05) is 31.2 Å². The van der Waals surface area contributed by atoms with Crippen molar-refractivity contribution in [3.8, 4) is 11.1 Å². The number of carbonyl (C=O) groups excluding carboxylic acids is 2. The second-order valence-corrected chi connectivity index (χ2v) is 9.17. The van der Waals surface area contributed by atoms with E-state index in [9.17, 15) is 19.5 Å². The fourth-order valence-electron chi connectivity index (χ4n) is 4.93. The molecule has 0 radical (unpaired) electrons. The van der Waals surface area contributed by atoms with Gasteiger partial charge in [0, 0.05) is 38.0 Å². The molecule has 0 bridgehead atoms. The summed E-state index contributed by atoms with van der Waals surface area (Å²) in [7, 11) is 0. The summed E-state index contributed by atoms with van der Waals surface area (Å²) in [6, 6.07) is 16.3. The van der Waals surface area contributed by atoms with E-state index >= 15 is 0 Å². The maximum absolute atomic E-state index is 12.4. The Hall–Kier alpha value is -3.39. The molecule has 2 aromatic rings. The minimum atomic E-state index is -1.000. The van der Waals surface area contributed by atoms with Crippen molar-refractivity contribution in [3.63, 3.8) is 0 Å². The molecule has 3 N–H and O–H groups in total. The molecule has 2 aromatic carbocycles. The highest BCUT2D eigenvalue weighted by atomic mass is 16.5. The Balaban J connectivity index is 1.22. The van der Waals surface area contributed by atoms with Gasteiger partial charge in [0.15, 0.2) is 6.10 Å². The van der Waals surface area contributed by atoms with Crippen LogP contribution in [0.2, 0.25) is 0 Å². The lowest BCUT2D eigenvalue weighted by molar-refractivity contribution is -0.149. The number of hydrogen-bond donors (Lipinski definition) is 3. The lowest BCUT2D eigenvalue weighted by atomic mass is 9.98. The van der Waals surface area contributed by atoms with E-state index < -0.39 is 18.2 Å². The maximum Gasteiger partial charge on any atom is 0.407 e. The van der Waals surface area contributed by atoms with Crippen LogP contribution in [-0.4, -0.2) is 55.5 Å². The van der Waals surface area contributed by atoms with Gasteiger partial charge in [-0.1, -0.05) is 61.9 Å². The smallest absolute Gasteiger partial charge is 0.407 e. The van der Waals surface area contributed by atoms with E-state index in [0.29, 0.717) is 26.0 Å². The molecule has 0 aromatic heterocycles. The highest BCUT2D eigenvalue weighted by Gasteiger charge is 2.34. The molecule has 3 atom stereocenters. The molecule has 35 heavy (non-hydrogen) atoms. The van der Waals surface area contributed by atoms with Crippen LogP contribution in [0.4, 0.5) is 4.79 Å². The highest BCUT2D eigenvalue weighted by molar-refractivity contribution is 5.79. The second-order valence-electron chi connectivity index (χ2n) is 9.17. The van der Waals surface area contributed by atoms with Gasteiger partial charge in [0.05, 0.1) is 0 Å². The number of fused-ring (bicyclic) bond motifs is 3. The zero-order valence-corrected chi connectivity index (χ0v) is 19.9. The van der Waals surface area contributed by atoms with Gasteiger partial charge < -0.3 is 25.2 Å². The number of benzene rings is 2. The Bertz CT molecular complexity index is 1030. The molecule has 1 unspecified atom stereocenters. The molecule has 0 saturated carbocycles. The Morgan fingerprint density at radius 2 is 1.71 bits per heavy atom. The maximum atomic E-state index is 12.4. The number of carbonyl (C=O) groups is 3. The number of hydrogen-bond acceptors (Lipinski definition) is 5. The van der Waals surface area contributed by atoms with E-state index in [4.69, 9.17) is 9.47 Å². The average molecular weight is 481 g/mol. The number of carboxylic acid groups (broad SMARTS) is 1. The van der Waals surface area contributed by atoms with Crippen LogP contribution in [0.5, 0.6) is 0 Å². The standard InChI is InChI=1S/C27H32N2O6/c1-2-17(13-24(30)28-15-18-11-12-34-25(18)26(31)32)14-29-27(33)35-16-23-21-9-5-3-7-19(21)20-8-4-6-10-22(20)23/h3-10,17-18,23,25H,2,11-16H2,1H3,(H,28,30)(H,29,33)(H,31,32)/t17?,18-,25-/m0/s1. The van der Waals surface area contributed by atoms with Gasteiger partial charge in [-0.3, -0.25) is 4.79 Å². The minimum Gasteiger partial charge on any atom is -0.479 e. The third kappa shape index (κ3) is 5.82.